The number of carbonyl (C=O) groups is 2. The molecule has 19 heavy (non-hydrogen) atoms. The predicted molar refractivity (Wildman–Crippen MR) is 71.0 cm³/mol. The fourth-order valence-electron chi connectivity index (χ4n) is 1.70. The van der Waals surface area contributed by atoms with Crippen LogP contribution in [0.4, 0.5) is 0 Å². The van der Waals surface area contributed by atoms with E-state index in [1.165, 1.54) is 20.2 Å². The van der Waals surface area contributed by atoms with E-state index >= 15 is 0 Å². The highest BCUT2D eigenvalue weighted by Gasteiger charge is 2.08. The third-order valence-electron chi connectivity index (χ3n) is 2.75. The van der Waals surface area contributed by atoms with Crippen LogP contribution in [-0.2, 0) is 4.74 Å². The highest BCUT2D eigenvalue weighted by atomic mass is 16.5. The van der Waals surface area contributed by atoms with Crippen molar-refractivity contribution in [1.29, 1.82) is 0 Å². The van der Waals surface area contributed by atoms with E-state index in [-0.39, 0.29) is 11.8 Å². The van der Waals surface area contributed by atoms with Gasteiger partial charge in [-0.2, -0.15) is 0 Å². The number of carbonyl (C=O) groups excluding carboxylic acids is 2. The zero-order valence-corrected chi connectivity index (χ0v) is 10.7. The Morgan fingerprint density at radius 2 is 1.89 bits per heavy atom. The number of pyridine rings is 1. The summed E-state index contributed by atoms with van der Waals surface area (Å²) >= 11 is 0. The number of hydrogen-bond acceptors (Lipinski definition) is 4. The highest BCUT2D eigenvalue weighted by Crippen LogP contribution is 2.19. The van der Waals surface area contributed by atoms with Crippen LogP contribution >= 0.6 is 0 Å². The zero-order chi connectivity index (χ0) is 13.8. The molecule has 0 fully saturated rings. The van der Waals surface area contributed by atoms with Gasteiger partial charge in [0.15, 0.2) is 5.78 Å². The SMILES string of the molecule is COC(=O)c1cccc(-c2ccc(C(C)=O)cn2)c1. The summed E-state index contributed by atoms with van der Waals surface area (Å²) in [6, 6.07) is 10.5. The molecular formula is C15H13NO3. The second-order valence-corrected chi connectivity index (χ2v) is 4.06. The molecule has 0 bridgehead atoms. The molecule has 4 nitrogen and oxygen atoms in total. The minimum Gasteiger partial charge on any atom is -0.465 e. The minimum absolute atomic E-state index is 0.0256. The maximum atomic E-state index is 11.5. The Hall–Kier alpha value is -2.49. The molecular weight excluding hydrogens is 242 g/mol. The van der Waals surface area contributed by atoms with Crippen LogP contribution in [0.15, 0.2) is 42.6 Å². The molecule has 0 aliphatic heterocycles. The van der Waals surface area contributed by atoms with Crippen molar-refractivity contribution in [2.75, 3.05) is 7.11 Å². The van der Waals surface area contributed by atoms with Crippen molar-refractivity contribution in [3.8, 4) is 11.3 Å². The molecule has 2 aromatic rings. The highest BCUT2D eigenvalue weighted by molar-refractivity contribution is 5.94. The monoisotopic (exact) mass is 255 g/mol. The normalized spacial score (nSPS) is 10.0. The maximum absolute atomic E-state index is 11.5. The molecule has 0 saturated carbocycles. The fourth-order valence-corrected chi connectivity index (χ4v) is 1.70. The average Bonchev–Trinajstić information content (AvgIpc) is 2.46. The first-order valence-corrected chi connectivity index (χ1v) is 5.77. The van der Waals surface area contributed by atoms with E-state index in [0.717, 1.165) is 5.56 Å². The van der Waals surface area contributed by atoms with Crippen LogP contribution in [0.3, 0.4) is 0 Å². The number of esters is 1. The lowest BCUT2D eigenvalue weighted by Crippen LogP contribution is -2.01. The Morgan fingerprint density at radius 1 is 1.11 bits per heavy atom. The van der Waals surface area contributed by atoms with Gasteiger partial charge in [-0.05, 0) is 31.2 Å². The summed E-state index contributed by atoms with van der Waals surface area (Å²) < 4.78 is 4.67. The third kappa shape index (κ3) is 2.85. The number of rotatable bonds is 3. The van der Waals surface area contributed by atoms with Crippen molar-refractivity contribution in [3.05, 3.63) is 53.7 Å². The van der Waals surface area contributed by atoms with Crippen molar-refractivity contribution < 1.29 is 14.3 Å². The molecule has 4 heteroatoms. The van der Waals surface area contributed by atoms with Gasteiger partial charge in [0.1, 0.15) is 0 Å². The van der Waals surface area contributed by atoms with Crippen LogP contribution in [0.1, 0.15) is 27.6 Å². The Bertz CT molecular complexity index is 618. The van der Waals surface area contributed by atoms with E-state index in [4.69, 9.17) is 0 Å². The number of nitrogens with zero attached hydrogens (tertiary/aromatic N) is 1. The average molecular weight is 255 g/mol. The van der Waals surface area contributed by atoms with Gasteiger partial charge in [0.2, 0.25) is 0 Å². The largest absolute Gasteiger partial charge is 0.465 e. The molecule has 0 saturated heterocycles. The second kappa shape index (κ2) is 5.44. The number of ketones is 1. The zero-order valence-electron chi connectivity index (χ0n) is 10.7. The van der Waals surface area contributed by atoms with E-state index in [1.807, 2.05) is 6.07 Å². The molecule has 1 aromatic heterocycles. The Kier molecular flexibility index (Phi) is 3.71. The number of benzene rings is 1. The molecule has 96 valence electrons. The quantitative estimate of drug-likeness (QED) is 0.625. The van der Waals surface area contributed by atoms with E-state index in [2.05, 4.69) is 9.72 Å². The molecule has 0 aliphatic carbocycles. The lowest BCUT2D eigenvalue weighted by atomic mass is 10.1. The molecule has 0 amide bonds. The minimum atomic E-state index is -0.387. The summed E-state index contributed by atoms with van der Waals surface area (Å²) in [6.07, 6.45) is 1.53. The first kappa shape index (κ1) is 13.0. The molecule has 0 atom stereocenters. The van der Waals surface area contributed by atoms with Crippen molar-refractivity contribution in [2.24, 2.45) is 0 Å². The van der Waals surface area contributed by atoms with Gasteiger partial charge in [0.05, 0.1) is 18.4 Å². The Morgan fingerprint density at radius 3 is 2.47 bits per heavy atom. The van der Waals surface area contributed by atoms with Gasteiger partial charge < -0.3 is 4.74 Å². The molecule has 1 heterocycles. The number of methoxy groups -OCH3 is 1. The molecule has 0 aliphatic rings. The fraction of sp³-hybridized carbons (Fsp3) is 0.133. The molecule has 0 unspecified atom stereocenters. The Balaban J connectivity index is 2.36. The lowest BCUT2D eigenvalue weighted by Gasteiger charge is -2.04. The summed E-state index contributed by atoms with van der Waals surface area (Å²) in [6.45, 7) is 1.49. The maximum Gasteiger partial charge on any atom is 0.337 e. The topological polar surface area (TPSA) is 56.3 Å². The number of ether oxygens (including phenoxy) is 1. The van der Waals surface area contributed by atoms with Gasteiger partial charge in [-0.3, -0.25) is 9.78 Å². The van der Waals surface area contributed by atoms with Gasteiger partial charge in [0, 0.05) is 17.3 Å². The van der Waals surface area contributed by atoms with Crippen LogP contribution in [0.2, 0.25) is 0 Å². The number of Topliss-reactive ketones (excluding diaryl/α,β-unsaturated/α-hetero) is 1. The van der Waals surface area contributed by atoms with Crippen LogP contribution < -0.4 is 0 Å². The van der Waals surface area contributed by atoms with Crippen LogP contribution in [0.5, 0.6) is 0 Å². The molecule has 0 spiro atoms. The van der Waals surface area contributed by atoms with Crippen molar-refractivity contribution in [1.82, 2.24) is 4.98 Å². The van der Waals surface area contributed by atoms with Gasteiger partial charge in [-0.1, -0.05) is 12.1 Å². The van der Waals surface area contributed by atoms with Gasteiger partial charge in [-0.25, -0.2) is 4.79 Å². The molecule has 1 aromatic carbocycles. The predicted octanol–water partition coefficient (Wildman–Crippen LogP) is 2.74. The van der Waals surface area contributed by atoms with Gasteiger partial charge >= 0.3 is 5.97 Å². The number of aromatic nitrogens is 1. The Labute approximate surface area is 111 Å². The summed E-state index contributed by atoms with van der Waals surface area (Å²) in [7, 11) is 1.34. The summed E-state index contributed by atoms with van der Waals surface area (Å²) in [4.78, 5) is 26.9. The molecule has 2 rings (SSSR count). The van der Waals surface area contributed by atoms with Crippen molar-refractivity contribution in [2.45, 2.75) is 6.92 Å². The number of hydrogen-bond donors (Lipinski definition) is 0. The van der Waals surface area contributed by atoms with E-state index < -0.39 is 0 Å². The van der Waals surface area contributed by atoms with Crippen LogP contribution in [0.25, 0.3) is 11.3 Å². The summed E-state index contributed by atoms with van der Waals surface area (Å²) in [5, 5.41) is 0. The first-order chi connectivity index (χ1) is 9.11. The molecule has 0 N–H and O–H groups in total. The van der Waals surface area contributed by atoms with Gasteiger partial charge in [0.25, 0.3) is 0 Å². The van der Waals surface area contributed by atoms with Crippen molar-refractivity contribution >= 4 is 11.8 Å². The summed E-state index contributed by atoms with van der Waals surface area (Å²) in [5.74, 6) is -0.412. The van der Waals surface area contributed by atoms with Gasteiger partial charge in [-0.15, -0.1) is 0 Å². The van der Waals surface area contributed by atoms with Crippen LogP contribution in [0, 0.1) is 0 Å². The van der Waals surface area contributed by atoms with E-state index in [0.29, 0.717) is 16.8 Å². The molecule has 0 radical (unpaired) electrons. The van der Waals surface area contributed by atoms with E-state index in [1.54, 1.807) is 30.3 Å². The van der Waals surface area contributed by atoms with Crippen LogP contribution in [-0.4, -0.2) is 23.8 Å². The lowest BCUT2D eigenvalue weighted by molar-refractivity contribution is 0.0600. The standard InChI is InChI=1S/C15H13NO3/c1-10(17)13-6-7-14(16-9-13)11-4-3-5-12(8-11)15(18)19-2/h3-9H,1-2H3. The third-order valence-corrected chi connectivity index (χ3v) is 2.75. The second-order valence-electron chi connectivity index (χ2n) is 4.06. The van der Waals surface area contributed by atoms with Crippen molar-refractivity contribution in [3.63, 3.8) is 0 Å². The van der Waals surface area contributed by atoms with E-state index in [9.17, 15) is 9.59 Å². The first-order valence-electron chi connectivity index (χ1n) is 5.77. The summed E-state index contributed by atoms with van der Waals surface area (Å²) in [5.41, 5.74) is 2.54. The smallest absolute Gasteiger partial charge is 0.337 e.